The average molecular weight is 338 g/mol. The van der Waals surface area contributed by atoms with Gasteiger partial charge in [0.25, 0.3) is 0 Å². The lowest BCUT2D eigenvalue weighted by Crippen LogP contribution is -2.25. The summed E-state index contributed by atoms with van der Waals surface area (Å²) in [6, 6.07) is 18.9. The van der Waals surface area contributed by atoms with Crippen LogP contribution in [-0.2, 0) is 0 Å². The van der Waals surface area contributed by atoms with Crippen molar-refractivity contribution in [1.29, 1.82) is 0 Å². The van der Waals surface area contributed by atoms with Crippen LogP contribution in [0, 0.1) is 0 Å². The lowest BCUT2D eigenvalue weighted by molar-refractivity contribution is 0.266. The number of likely N-dealkylation sites (tertiary alicyclic amines) is 1. The Hall–Kier alpha value is -1.80. The van der Waals surface area contributed by atoms with Crippen LogP contribution in [-0.4, -0.2) is 31.1 Å². The van der Waals surface area contributed by atoms with Crippen molar-refractivity contribution in [2.75, 3.05) is 26.2 Å². The Kier molecular flexibility index (Phi) is 7.38. The van der Waals surface area contributed by atoms with Crippen LogP contribution in [0.25, 0.3) is 11.1 Å². The van der Waals surface area contributed by atoms with Gasteiger partial charge in [-0.15, -0.1) is 0 Å². The molecule has 1 aliphatic heterocycles. The monoisotopic (exact) mass is 337 g/mol. The van der Waals surface area contributed by atoms with Gasteiger partial charge in [0.1, 0.15) is 5.75 Å². The maximum absolute atomic E-state index is 5.90. The van der Waals surface area contributed by atoms with Crippen LogP contribution >= 0.6 is 0 Å². The van der Waals surface area contributed by atoms with E-state index < -0.39 is 0 Å². The maximum atomic E-state index is 5.90. The molecule has 25 heavy (non-hydrogen) atoms. The van der Waals surface area contributed by atoms with Gasteiger partial charge in [-0.25, -0.2) is 0 Å². The zero-order valence-electron chi connectivity index (χ0n) is 15.3. The Morgan fingerprint density at radius 1 is 0.680 bits per heavy atom. The fourth-order valence-corrected chi connectivity index (χ4v) is 3.54. The zero-order valence-corrected chi connectivity index (χ0v) is 15.3. The summed E-state index contributed by atoms with van der Waals surface area (Å²) >= 11 is 0. The molecule has 3 rings (SSSR count). The van der Waals surface area contributed by atoms with E-state index in [1.807, 2.05) is 6.07 Å². The Balaban J connectivity index is 1.31. The highest BCUT2D eigenvalue weighted by Crippen LogP contribution is 2.22. The summed E-state index contributed by atoms with van der Waals surface area (Å²) in [5.41, 5.74) is 2.49. The minimum atomic E-state index is 0.824. The first-order valence-corrected chi connectivity index (χ1v) is 9.92. The normalized spacial score (nSPS) is 15.7. The van der Waals surface area contributed by atoms with Crippen LogP contribution in [0.2, 0.25) is 0 Å². The van der Waals surface area contributed by atoms with Crippen molar-refractivity contribution < 1.29 is 4.74 Å². The summed E-state index contributed by atoms with van der Waals surface area (Å²) in [4.78, 5) is 2.65. The molecule has 2 nitrogen and oxygen atoms in total. The van der Waals surface area contributed by atoms with Crippen molar-refractivity contribution in [2.45, 2.75) is 44.9 Å². The summed E-state index contributed by atoms with van der Waals surface area (Å²) < 4.78 is 5.90. The minimum absolute atomic E-state index is 0.824. The molecule has 0 radical (unpaired) electrons. The lowest BCUT2D eigenvalue weighted by Gasteiger charge is -2.19. The highest BCUT2D eigenvalue weighted by molar-refractivity contribution is 5.63. The van der Waals surface area contributed by atoms with Crippen LogP contribution in [0.1, 0.15) is 44.9 Å². The van der Waals surface area contributed by atoms with Gasteiger partial charge in [0, 0.05) is 0 Å². The van der Waals surface area contributed by atoms with Gasteiger partial charge < -0.3 is 9.64 Å². The molecule has 0 N–H and O–H groups in total. The molecule has 1 aliphatic rings. The smallest absolute Gasteiger partial charge is 0.119 e. The van der Waals surface area contributed by atoms with Crippen LogP contribution in [0.5, 0.6) is 5.75 Å². The van der Waals surface area contributed by atoms with Crippen molar-refractivity contribution >= 4 is 0 Å². The standard InChI is InChI=1S/C23H31NO/c1-2-8-18-24(17-7-1)19-9-4-10-20-25-23-15-13-22(14-16-23)21-11-5-3-6-12-21/h3,5-6,11-16H,1-2,4,7-10,17-20H2. The average Bonchev–Trinajstić information content (AvgIpc) is 2.95. The molecule has 134 valence electrons. The number of unbranched alkanes of at least 4 members (excludes halogenated alkanes) is 2. The zero-order chi connectivity index (χ0) is 17.2. The van der Waals surface area contributed by atoms with Gasteiger partial charge in [0.15, 0.2) is 0 Å². The predicted molar refractivity (Wildman–Crippen MR) is 106 cm³/mol. The fourth-order valence-electron chi connectivity index (χ4n) is 3.54. The van der Waals surface area contributed by atoms with Crippen molar-refractivity contribution in [3.8, 4) is 16.9 Å². The summed E-state index contributed by atoms with van der Waals surface area (Å²) in [5.74, 6) is 0.979. The van der Waals surface area contributed by atoms with E-state index in [1.165, 1.54) is 69.3 Å². The highest BCUT2D eigenvalue weighted by Gasteiger charge is 2.07. The molecule has 1 fully saturated rings. The third-order valence-corrected chi connectivity index (χ3v) is 5.05. The van der Waals surface area contributed by atoms with E-state index in [2.05, 4.69) is 53.4 Å². The van der Waals surface area contributed by atoms with Gasteiger partial charge >= 0.3 is 0 Å². The highest BCUT2D eigenvalue weighted by atomic mass is 16.5. The van der Waals surface area contributed by atoms with Gasteiger partial charge in [-0.05, 0) is 75.0 Å². The second-order valence-electron chi connectivity index (χ2n) is 7.06. The van der Waals surface area contributed by atoms with Gasteiger partial charge in [-0.3, -0.25) is 0 Å². The number of ether oxygens (including phenoxy) is 1. The van der Waals surface area contributed by atoms with Crippen LogP contribution in [0.15, 0.2) is 54.6 Å². The molecule has 2 heteroatoms. The Labute approximate surface area is 152 Å². The first-order chi connectivity index (χ1) is 12.4. The van der Waals surface area contributed by atoms with Crippen molar-refractivity contribution in [3.05, 3.63) is 54.6 Å². The maximum Gasteiger partial charge on any atom is 0.119 e. The molecule has 0 aliphatic carbocycles. The van der Waals surface area contributed by atoms with Gasteiger partial charge in [-0.1, -0.05) is 55.3 Å². The first kappa shape index (κ1) is 18.0. The topological polar surface area (TPSA) is 12.5 Å². The van der Waals surface area contributed by atoms with Crippen LogP contribution < -0.4 is 4.74 Å². The van der Waals surface area contributed by atoms with Gasteiger partial charge in [0.05, 0.1) is 6.61 Å². The number of benzene rings is 2. The molecule has 0 saturated carbocycles. The molecule has 0 amide bonds. The SMILES string of the molecule is c1ccc(-c2ccc(OCCCCCN3CCCCCC3)cc2)cc1. The number of rotatable bonds is 8. The van der Waals surface area contributed by atoms with Crippen LogP contribution in [0.3, 0.4) is 0 Å². The van der Waals surface area contributed by atoms with E-state index in [-0.39, 0.29) is 0 Å². The van der Waals surface area contributed by atoms with Crippen molar-refractivity contribution in [1.82, 2.24) is 4.90 Å². The molecule has 0 unspecified atom stereocenters. The predicted octanol–water partition coefficient (Wildman–Crippen LogP) is 5.78. The van der Waals surface area contributed by atoms with E-state index in [9.17, 15) is 0 Å². The Morgan fingerprint density at radius 3 is 2.08 bits per heavy atom. The van der Waals surface area contributed by atoms with Gasteiger partial charge in [0.2, 0.25) is 0 Å². The second kappa shape index (κ2) is 10.2. The van der Waals surface area contributed by atoms with E-state index in [0.717, 1.165) is 18.8 Å². The quantitative estimate of drug-likeness (QED) is 0.566. The Bertz CT molecular complexity index is 585. The molecule has 2 aromatic carbocycles. The first-order valence-electron chi connectivity index (χ1n) is 9.92. The molecule has 0 atom stereocenters. The lowest BCUT2D eigenvalue weighted by atomic mass is 10.1. The summed E-state index contributed by atoms with van der Waals surface area (Å²) in [7, 11) is 0. The fraction of sp³-hybridized carbons (Fsp3) is 0.478. The molecule has 0 aromatic heterocycles. The third kappa shape index (κ3) is 6.21. The number of hydrogen-bond donors (Lipinski definition) is 0. The largest absolute Gasteiger partial charge is 0.494 e. The van der Waals surface area contributed by atoms with E-state index in [0.29, 0.717) is 0 Å². The summed E-state index contributed by atoms with van der Waals surface area (Å²) in [6.07, 6.45) is 9.34. The molecule has 2 aromatic rings. The van der Waals surface area contributed by atoms with E-state index in [1.54, 1.807) is 0 Å². The minimum Gasteiger partial charge on any atom is -0.494 e. The summed E-state index contributed by atoms with van der Waals surface area (Å²) in [5, 5.41) is 0. The molecule has 0 spiro atoms. The van der Waals surface area contributed by atoms with Crippen molar-refractivity contribution in [3.63, 3.8) is 0 Å². The van der Waals surface area contributed by atoms with E-state index in [4.69, 9.17) is 4.74 Å². The molecular weight excluding hydrogens is 306 g/mol. The third-order valence-electron chi connectivity index (χ3n) is 5.05. The van der Waals surface area contributed by atoms with E-state index >= 15 is 0 Å². The number of hydrogen-bond acceptors (Lipinski definition) is 2. The van der Waals surface area contributed by atoms with Crippen molar-refractivity contribution in [2.24, 2.45) is 0 Å². The Morgan fingerprint density at radius 2 is 1.36 bits per heavy atom. The molecule has 1 heterocycles. The second-order valence-corrected chi connectivity index (χ2v) is 7.06. The molecule has 1 saturated heterocycles. The summed E-state index contributed by atoms with van der Waals surface area (Å²) in [6.45, 7) is 4.71. The number of nitrogens with zero attached hydrogens (tertiary/aromatic N) is 1. The molecular formula is C23H31NO. The van der Waals surface area contributed by atoms with Crippen LogP contribution in [0.4, 0.5) is 0 Å². The molecule has 0 bridgehead atoms. The van der Waals surface area contributed by atoms with Gasteiger partial charge in [-0.2, -0.15) is 0 Å².